The van der Waals surface area contributed by atoms with Crippen molar-refractivity contribution in [1.29, 1.82) is 0 Å². The first kappa shape index (κ1) is 18.9. The number of carbonyl (C=O) groups excluding carboxylic acids is 1. The van der Waals surface area contributed by atoms with Crippen molar-refractivity contribution in [3.05, 3.63) is 28.8 Å². The van der Waals surface area contributed by atoms with Gasteiger partial charge < -0.3 is 4.74 Å². The van der Waals surface area contributed by atoms with E-state index < -0.39 is 5.97 Å². The average molecular weight is 384 g/mol. The van der Waals surface area contributed by atoms with Crippen molar-refractivity contribution in [3.63, 3.8) is 0 Å². The predicted octanol–water partition coefficient (Wildman–Crippen LogP) is 3.10. The van der Waals surface area contributed by atoms with Gasteiger partial charge in [-0.15, -0.1) is 6.42 Å². The smallest absolute Gasteiger partial charge is 0.340 e. The molecule has 128 valence electrons. The fraction of sp³-hybridized carbons (Fsp3) is 0.375. The lowest BCUT2D eigenvalue weighted by Gasteiger charge is -2.34. The molecule has 1 aromatic carbocycles. The number of anilines is 1. The van der Waals surface area contributed by atoms with E-state index in [1.54, 1.807) is 12.1 Å². The van der Waals surface area contributed by atoms with E-state index in [-0.39, 0.29) is 12.2 Å². The van der Waals surface area contributed by atoms with Gasteiger partial charge in [0.1, 0.15) is 0 Å². The van der Waals surface area contributed by atoms with Crippen molar-refractivity contribution in [1.82, 2.24) is 10.4 Å². The van der Waals surface area contributed by atoms with Gasteiger partial charge in [0.05, 0.1) is 16.3 Å². The summed E-state index contributed by atoms with van der Waals surface area (Å²) in [7, 11) is 0. The van der Waals surface area contributed by atoms with Gasteiger partial charge in [0.25, 0.3) is 0 Å². The molecule has 0 atom stereocenters. The van der Waals surface area contributed by atoms with Crippen LogP contribution in [0.2, 0.25) is 5.02 Å². The predicted molar refractivity (Wildman–Crippen MR) is 103 cm³/mol. The van der Waals surface area contributed by atoms with Crippen molar-refractivity contribution < 1.29 is 9.53 Å². The third-order valence-corrected chi connectivity index (χ3v) is 4.99. The Morgan fingerprint density at radius 2 is 2.38 bits per heavy atom. The Morgan fingerprint density at radius 3 is 3.00 bits per heavy atom. The van der Waals surface area contributed by atoms with E-state index in [1.807, 2.05) is 21.6 Å². The van der Waals surface area contributed by atoms with Gasteiger partial charge in [0.15, 0.2) is 6.61 Å². The van der Waals surface area contributed by atoms with Crippen molar-refractivity contribution in [2.75, 3.05) is 30.3 Å². The molecule has 24 heavy (non-hydrogen) atoms. The number of ether oxygens (including phenoxy) is 1. The number of carbonyl (C=O) groups is 1. The van der Waals surface area contributed by atoms with Crippen molar-refractivity contribution in [2.24, 2.45) is 0 Å². The van der Waals surface area contributed by atoms with Crippen LogP contribution >= 0.6 is 35.8 Å². The molecule has 1 aromatic rings. The van der Waals surface area contributed by atoms with Gasteiger partial charge in [-0.3, -0.25) is 9.31 Å². The second-order valence-electron chi connectivity index (χ2n) is 4.97. The van der Waals surface area contributed by atoms with Gasteiger partial charge in [-0.25, -0.2) is 10.2 Å². The van der Waals surface area contributed by atoms with Crippen LogP contribution in [0.25, 0.3) is 0 Å². The molecule has 0 radical (unpaired) electrons. The Morgan fingerprint density at radius 1 is 1.58 bits per heavy atom. The Hall–Kier alpha value is -1.46. The van der Waals surface area contributed by atoms with Crippen LogP contribution in [0.1, 0.15) is 23.2 Å². The molecule has 1 aliphatic heterocycles. The number of esters is 1. The maximum atomic E-state index is 12.1. The molecule has 0 spiro atoms. The molecule has 1 heterocycles. The second-order valence-corrected chi connectivity index (χ2v) is 6.47. The molecule has 0 unspecified atom stereocenters. The monoisotopic (exact) mass is 383 g/mol. The lowest BCUT2D eigenvalue weighted by Crippen LogP contribution is -2.51. The highest BCUT2D eigenvalue weighted by molar-refractivity contribution is 8.01. The van der Waals surface area contributed by atoms with Crippen LogP contribution in [-0.4, -0.2) is 42.0 Å². The van der Waals surface area contributed by atoms with Crippen LogP contribution in [0.4, 0.5) is 5.69 Å². The quantitative estimate of drug-likeness (QED) is 0.371. The Kier molecular flexibility index (Phi) is 7.18. The largest absolute Gasteiger partial charge is 0.449 e. The van der Waals surface area contributed by atoms with E-state index in [2.05, 4.69) is 11.3 Å². The number of benzene rings is 1. The molecule has 1 aliphatic rings. The summed E-state index contributed by atoms with van der Waals surface area (Å²) in [5.41, 5.74) is 4.29. The van der Waals surface area contributed by atoms with Gasteiger partial charge in [-0.2, -0.15) is 0 Å². The van der Waals surface area contributed by atoms with E-state index in [9.17, 15) is 4.79 Å². The molecule has 0 bridgehead atoms. The summed E-state index contributed by atoms with van der Waals surface area (Å²) in [4.78, 5) is 12.1. The van der Waals surface area contributed by atoms with Crippen LogP contribution in [-0.2, 0) is 4.74 Å². The summed E-state index contributed by atoms with van der Waals surface area (Å²) in [6.45, 7) is 1.65. The first-order valence-electron chi connectivity index (χ1n) is 7.38. The van der Waals surface area contributed by atoms with Crippen molar-refractivity contribution in [3.8, 4) is 12.3 Å². The minimum Gasteiger partial charge on any atom is -0.449 e. The highest BCUT2D eigenvalue weighted by atomic mass is 35.5. The Balaban J connectivity index is 2.23. The number of nitrogens with one attached hydrogen (secondary N) is 1. The molecule has 5 nitrogen and oxygen atoms in total. The highest BCUT2D eigenvalue weighted by Crippen LogP contribution is 2.28. The Labute approximate surface area is 156 Å². The summed E-state index contributed by atoms with van der Waals surface area (Å²) in [6, 6.07) is 5.12. The highest BCUT2D eigenvalue weighted by Gasteiger charge is 2.22. The fourth-order valence-corrected chi connectivity index (χ4v) is 3.49. The third kappa shape index (κ3) is 4.54. The number of hydrogen-bond donors (Lipinski definition) is 1. The molecular weight excluding hydrogens is 366 g/mol. The molecule has 0 saturated carbocycles. The normalized spacial score (nSPS) is 14.0. The molecule has 2 rings (SSSR count). The van der Waals surface area contributed by atoms with E-state index in [0.29, 0.717) is 10.1 Å². The number of nitrogens with zero attached hydrogens (tertiary/aromatic N) is 2. The van der Waals surface area contributed by atoms with Crippen LogP contribution in [0.5, 0.6) is 0 Å². The van der Waals surface area contributed by atoms with Gasteiger partial charge >= 0.3 is 5.97 Å². The topological polar surface area (TPSA) is 44.8 Å². The lowest BCUT2D eigenvalue weighted by molar-refractivity contribution is 0.0557. The number of hydrazine groups is 1. The maximum absolute atomic E-state index is 12.1. The number of thiocarbonyl (C=S) groups is 1. The molecular formula is C16H18ClN3O2S2. The summed E-state index contributed by atoms with van der Waals surface area (Å²) in [5.74, 6) is 1.71. The number of terminal acetylenes is 1. The zero-order valence-electron chi connectivity index (χ0n) is 13.3. The summed E-state index contributed by atoms with van der Waals surface area (Å²) < 4.78 is 6.83. The number of halogens is 1. The number of rotatable bonds is 4. The summed E-state index contributed by atoms with van der Waals surface area (Å²) >= 11 is 13.1. The second kappa shape index (κ2) is 9.14. The first-order valence-corrected chi connectivity index (χ1v) is 9.34. The van der Waals surface area contributed by atoms with Crippen molar-refractivity contribution in [2.45, 2.75) is 12.8 Å². The van der Waals surface area contributed by atoms with Gasteiger partial charge in [-0.05, 0) is 55.2 Å². The maximum Gasteiger partial charge on any atom is 0.340 e. The average Bonchev–Trinajstić information content (AvgIpc) is 2.62. The van der Waals surface area contributed by atoms with Crippen LogP contribution in [0, 0.1) is 12.3 Å². The zero-order chi connectivity index (χ0) is 17.5. The van der Waals surface area contributed by atoms with Crippen LogP contribution < -0.4 is 9.73 Å². The SMILES string of the molecule is C#CCOC(=O)c1cc(N(SC)C(=S)N2CCCCN2)ccc1Cl. The van der Waals surface area contributed by atoms with Gasteiger partial charge in [0.2, 0.25) is 5.11 Å². The third-order valence-electron chi connectivity index (χ3n) is 3.39. The fourth-order valence-electron chi connectivity index (χ4n) is 2.24. The van der Waals surface area contributed by atoms with Crippen LogP contribution in [0.15, 0.2) is 18.2 Å². The minimum atomic E-state index is -0.553. The summed E-state index contributed by atoms with van der Waals surface area (Å²) in [5, 5.41) is 2.89. The van der Waals surface area contributed by atoms with Gasteiger partial charge in [-0.1, -0.05) is 17.5 Å². The van der Waals surface area contributed by atoms with E-state index in [0.717, 1.165) is 31.6 Å². The number of hydrogen-bond acceptors (Lipinski definition) is 5. The molecule has 1 N–H and O–H groups in total. The molecule has 0 aliphatic carbocycles. The van der Waals surface area contributed by atoms with Gasteiger partial charge in [0, 0.05) is 19.3 Å². The Bertz CT molecular complexity index is 657. The van der Waals surface area contributed by atoms with E-state index in [1.165, 1.54) is 11.9 Å². The van der Waals surface area contributed by atoms with E-state index >= 15 is 0 Å². The zero-order valence-corrected chi connectivity index (χ0v) is 15.6. The standard InChI is InChI=1S/C16H18ClN3O2S2/c1-3-10-22-15(21)13-11-12(6-7-14(13)17)20(24-2)16(23)19-9-5-4-8-18-19/h1,6-7,11,18H,4-5,8-10H2,2H3. The van der Waals surface area contributed by atoms with Crippen LogP contribution in [0.3, 0.4) is 0 Å². The lowest BCUT2D eigenvalue weighted by atomic mass is 10.2. The summed E-state index contributed by atoms with van der Waals surface area (Å²) in [6.07, 6.45) is 9.24. The first-order chi connectivity index (χ1) is 11.6. The molecule has 1 saturated heterocycles. The molecule has 0 aromatic heterocycles. The molecule has 1 fully saturated rings. The van der Waals surface area contributed by atoms with Crippen molar-refractivity contribution >= 4 is 52.5 Å². The van der Waals surface area contributed by atoms with E-state index in [4.69, 9.17) is 35.0 Å². The molecule has 8 heteroatoms. The molecule has 0 amide bonds. The minimum absolute atomic E-state index is 0.0955.